The number of amides is 2. The van der Waals surface area contributed by atoms with E-state index in [4.69, 9.17) is 0 Å². The van der Waals surface area contributed by atoms with Crippen molar-refractivity contribution in [2.45, 2.75) is 21.5 Å². The number of carbonyl (C=O) groups is 2. The van der Waals surface area contributed by atoms with E-state index < -0.39 is 15.3 Å². The van der Waals surface area contributed by atoms with Crippen LogP contribution in [0.5, 0.6) is 0 Å². The normalized spacial score (nSPS) is 15.8. The van der Waals surface area contributed by atoms with Crippen molar-refractivity contribution >= 4 is 56.3 Å². The molecule has 1 fully saturated rings. The highest BCUT2D eigenvalue weighted by atomic mass is 32.2. The molecule has 1 aliphatic rings. The lowest BCUT2D eigenvalue weighted by Crippen LogP contribution is -2.30. The monoisotopic (exact) mass is 542 g/mol. The number of thioether (sulfide) groups is 1. The predicted molar refractivity (Wildman–Crippen MR) is 148 cm³/mol. The summed E-state index contributed by atoms with van der Waals surface area (Å²) in [5.41, 5.74) is 2.21. The lowest BCUT2D eigenvalue weighted by atomic mass is 10.2. The zero-order valence-corrected chi connectivity index (χ0v) is 21.6. The lowest BCUT2D eigenvalue weighted by Gasteiger charge is -2.15. The molecule has 8 nitrogen and oxygen atoms in total. The molecule has 0 aromatic heterocycles. The molecule has 4 aromatic carbocycles. The summed E-state index contributed by atoms with van der Waals surface area (Å²) < 4.78 is 27.6. The SMILES string of the molecule is O=C1CC(Sc2ccc(NS(=O)(=O)c3ccccc3)cc2)C(=O)N1c1ccc(N=Nc2ccccc2)cc1. The number of azo groups is 1. The van der Waals surface area contributed by atoms with Gasteiger partial charge in [0.25, 0.3) is 10.0 Å². The van der Waals surface area contributed by atoms with Crippen molar-refractivity contribution in [3.8, 4) is 0 Å². The van der Waals surface area contributed by atoms with Crippen LogP contribution in [-0.2, 0) is 19.6 Å². The Labute approximate surface area is 224 Å². The second kappa shape index (κ2) is 11.0. The van der Waals surface area contributed by atoms with Crippen LogP contribution in [-0.4, -0.2) is 25.5 Å². The van der Waals surface area contributed by atoms with Crippen LogP contribution >= 0.6 is 11.8 Å². The molecule has 0 radical (unpaired) electrons. The van der Waals surface area contributed by atoms with Crippen LogP contribution in [0, 0.1) is 0 Å². The second-order valence-electron chi connectivity index (χ2n) is 8.37. The average Bonchev–Trinajstić information content (AvgIpc) is 3.22. The molecule has 5 rings (SSSR count). The quantitative estimate of drug-likeness (QED) is 0.207. The summed E-state index contributed by atoms with van der Waals surface area (Å²) >= 11 is 1.27. The smallest absolute Gasteiger partial charge is 0.261 e. The number of anilines is 2. The second-order valence-corrected chi connectivity index (χ2v) is 11.3. The van der Waals surface area contributed by atoms with E-state index in [0.717, 1.165) is 10.6 Å². The van der Waals surface area contributed by atoms with Crippen LogP contribution in [0.15, 0.2) is 129 Å². The standard InChI is InChI=1S/C28H22N4O4S2/c33-27-19-26(37-24-17-13-22(14-18-24)31-38(35,36)25-9-5-2-6-10-25)28(34)32(27)23-15-11-21(12-16-23)30-29-20-7-3-1-4-8-20/h1-18,26,31H,19H2. The summed E-state index contributed by atoms with van der Waals surface area (Å²) in [7, 11) is -3.70. The van der Waals surface area contributed by atoms with Gasteiger partial charge in [0.15, 0.2) is 0 Å². The van der Waals surface area contributed by atoms with Crippen LogP contribution in [0.4, 0.5) is 22.7 Å². The Hall–Kier alpha value is -4.28. The molecule has 0 aliphatic carbocycles. The van der Waals surface area contributed by atoms with Crippen LogP contribution in [0.2, 0.25) is 0 Å². The van der Waals surface area contributed by atoms with Gasteiger partial charge in [0, 0.05) is 17.0 Å². The first kappa shape index (κ1) is 25.4. The molecule has 2 amide bonds. The molecule has 1 unspecified atom stereocenters. The molecule has 4 aromatic rings. The molecule has 1 N–H and O–H groups in total. The highest BCUT2D eigenvalue weighted by Crippen LogP contribution is 2.35. The maximum atomic E-state index is 13.1. The summed E-state index contributed by atoms with van der Waals surface area (Å²) in [4.78, 5) is 27.9. The van der Waals surface area contributed by atoms with Crippen molar-refractivity contribution in [1.82, 2.24) is 0 Å². The Balaban J connectivity index is 1.22. The van der Waals surface area contributed by atoms with E-state index in [0.29, 0.717) is 17.1 Å². The van der Waals surface area contributed by atoms with Gasteiger partial charge in [-0.3, -0.25) is 14.3 Å². The predicted octanol–water partition coefficient (Wildman–Crippen LogP) is 6.33. The zero-order chi connectivity index (χ0) is 26.5. The minimum atomic E-state index is -3.70. The number of sulfonamides is 1. The Morgan fingerprint density at radius 2 is 1.32 bits per heavy atom. The Morgan fingerprint density at radius 3 is 1.95 bits per heavy atom. The molecule has 190 valence electrons. The molecule has 1 heterocycles. The molecule has 1 saturated heterocycles. The van der Waals surface area contributed by atoms with Crippen LogP contribution in [0.25, 0.3) is 0 Å². The van der Waals surface area contributed by atoms with E-state index in [9.17, 15) is 18.0 Å². The number of hydrogen-bond acceptors (Lipinski definition) is 7. The van der Waals surface area contributed by atoms with Crippen molar-refractivity contribution in [3.63, 3.8) is 0 Å². The minimum absolute atomic E-state index is 0.0708. The topological polar surface area (TPSA) is 108 Å². The average molecular weight is 543 g/mol. The van der Waals surface area contributed by atoms with E-state index in [2.05, 4.69) is 15.0 Å². The zero-order valence-electron chi connectivity index (χ0n) is 20.0. The number of carbonyl (C=O) groups excluding carboxylic acids is 2. The van der Waals surface area contributed by atoms with Crippen molar-refractivity contribution in [2.75, 3.05) is 9.62 Å². The lowest BCUT2D eigenvalue weighted by molar-refractivity contribution is -0.121. The molecular weight excluding hydrogens is 520 g/mol. The van der Waals surface area contributed by atoms with E-state index in [1.807, 2.05) is 30.3 Å². The van der Waals surface area contributed by atoms with Crippen LogP contribution in [0.1, 0.15) is 6.42 Å². The van der Waals surface area contributed by atoms with Gasteiger partial charge in [-0.1, -0.05) is 36.4 Å². The number of benzene rings is 4. The molecule has 0 bridgehead atoms. The number of nitrogens with one attached hydrogen (secondary N) is 1. The van der Waals surface area contributed by atoms with E-state index >= 15 is 0 Å². The van der Waals surface area contributed by atoms with Gasteiger partial charge in [-0.15, -0.1) is 11.8 Å². The fraction of sp³-hybridized carbons (Fsp3) is 0.0714. The fourth-order valence-corrected chi connectivity index (χ4v) is 5.96. The van der Waals surface area contributed by atoms with Crippen LogP contribution in [0.3, 0.4) is 0 Å². The van der Waals surface area contributed by atoms with Crippen LogP contribution < -0.4 is 9.62 Å². The number of rotatable bonds is 8. The molecule has 0 saturated carbocycles. The highest BCUT2D eigenvalue weighted by molar-refractivity contribution is 8.00. The van der Waals surface area contributed by atoms with Gasteiger partial charge in [-0.25, -0.2) is 13.3 Å². The van der Waals surface area contributed by atoms with Gasteiger partial charge >= 0.3 is 0 Å². The number of nitrogens with zero attached hydrogens (tertiary/aromatic N) is 3. The number of hydrogen-bond donors (Lipinski definition) is 1. The molecule has 1 aliphatic heterocycles. The summed E-state index contributed by atoms with van der Waals surface area (Å²) in [5.74, 6) is -0.578. The third-order valence-corrected chi connectivity index (χ3v) is 8.28. The third-order valence-electron chi connectivity index (χ3n) is 5.69. The summed E-state index contributed by atoms with van der Waals surface area (Å²) in [6.07, 6.45) is 0.0708. The summed E-state index contributed by atoms with van der Waals surface area (Å²) in [5, 5.41) is 7.78. The molecule has 38 heavy (non-hydrogen) atoms. The van der Waals surface area contributed by atoms with Gasteiger partial charge in [-0.05, 0) is 72.8 Å². The maximum absolute atomic E-state index is 13.1. The molecule has 0 spiro atoms. The van der Waals surface area contributed by atoms with E-state index in [1.165, 1.54) is 28.8 Å². The van der Waals surface area contributed by atoms with Crippen molar-refractivity contribution in [1.29, 1.82) is 0 Å². The van der Waals surface area contributed by atoms with Gasteiger partial charge in [0.05, 0.1) is 27.2 Å². The minimum Gasteiger partial charge on any atom is -0.280 e. The first-order valence-corrected chi connectivity index (χ1v) is 14.0. The Morgan fingerprint density at radius 1 is 0.737 bits per heavy atom. The first-order chi connectivity index (χ1) is 18.4. The van der Waals surface area contributed by atoms with Crippen molar-refractivity contribution in [3.05, 3.63) is 109 Å². The molecular formula is C28H22N4O4S2. The van der Waals surface area contributed by atoms with Gasteiger partial charge in [-0.2, -0.15) is 10.2 Å². The Kier molecular flexibility index (Phi) is 7.34. The number of imide groups is 1. The maximum Gasteiger partial charge on any atom is 0.261 e. The largest absolute Gasteiger partial charge is 0.280 e. The highest BCUT2D eigenvalue weighted by Gasteiger charge is 2.40. The fourth-order valence-electron chi connectivity index (χ4n) is 3.83. The van der Waals surface area contributed by atoms with E-state index in [-0.39, 0.29) is 23.1 Å². The van der Waals surface area contributed by atoms with Gasteiger partial charge in [0.1, 0.15) is 0 Å². The van der Waals surface area contributed by atoms with Crippen molar-refractivity contribution in [2.24, 2.45) is 10.2 Å². The Bertz CT molecular complexity index is 1580. The molecule has 1 atom stereocenters. The molecule has 10 heteroatoms. The first-order valence-electron chi connectivity index (χ1n) is 11.7. The van der Waals surface area contributed by atoms with Crippen molar-refractivity contribution < 1.29 is 18.0 Å². The summed E-state index contributed by atoms with van der Waals surface area (Å²) in [6.45, 7) is 0. The van der Waals surface area contributed by atoms with Gasteiger partial charge in [0.2, 0.25) is 11.8 Å². The third kappa shape index (κ3) is 5.82. The van der Waals surface area contributed by atoms with E-state index in [1.54, 1.807) is 66.7 Å². The summed E-state index contributed by atoms with van der Waals surface area (Å²) in [6, 6.07) is 30.9. The van der Waals surface area contributed by atoms with Gasteiger partial charge < -0.3 is 0 Å².